The van der Waals surface area contributed by atoms with E-state index in [0.717, 1.165) is 23.8 Å². The normalized spacial score (nSPS) is 17.8. The summed E-state index contributed by atoms with van der Waals surface area (Å²) in [6.07, 6.45) is 7.87. The number of aromatic nitrogens is 1. The van der Waals surface area contributed by atoms with Gasteiger partial charge in [0.25, 0.3) is 6.01 Å². The van der Waals surface area contributed by atoms with Crippen LogP contribution >= 0.6 is 0 Å². The predicted octanol–water partition coefficient (Wildman–Crippen LogP) is 2.69. The van der Waals surface area contributed by atoms with Gasteiger partial charge in [-0.25, -0.2) is 0 Å². The topological polar surface area (TPSA) is 52.0 Å². The number of nitrogens with two attached hydrogens (primary N) is 1. The van der Waals surface area contributed by atoms with Crippen molar-refractivity contribution in [3.8, 4) is 0 Å². The summed E-state index contributed by atoms with van der Waals surface area (Å²) in [6, 6.07) is 0.309. The first-order chi connectivity index (χ1) is 6.75. The molecule has 0 atom stereocenters. The first-order valence-corrected chi connectivity index (χ1v) is 5.47. The monoisotopic (exact) mass is 194 g/mol. The molecular formula is C11H18N2O. The van der Waals surface area contributed by atoms with Crippen LogP contribution in [-0.4, -0.2) is 4.98 Å². The third-order valence-corrected chi connectivity index (χ3v) is 3.17. The van der Waals surface area contributed by atoms with Crippen molar-refractivity contribution in [2.75, 3.05) is 5.73 Å². The zero-order valence-electron chi connectivity index (χ0n) is 8.75. The number of oxazole rings is 1. The van der Waals surface area contributed by atoms with Crippen LogP contribution < -0.4 is 5.73 Å². The van der Waals surface area contributed by atoms with E-state index in [1.54, 1.807) is 0 Å². The van der Waals surface area contributed by atoms with Gasteiger partial charge < -0.3 is 10.2 Å². The summed E-state index contributed by atoms with van der Waals surface area (Å²) >= 11 is 0. The molecule has 0 spiro atoms. The van der Waals surface area contributed by atoms with E-state index in [0.29, 0.717) is 6.01 Å². The number of nitrogens with zero attached hydrogens (tertiary/aromatic N) is 1. The Labute approximate surface area is 84.7 Å². The number of anilines is 1. The number of rotatable bonds is 3. The number of aryl methyl sites for hydroxylation is 2. The average molecular weight is 194 g/mol. The van der Waals surface area contributed by atoms with Gasteiger partial charge in [0.2, 0.25) is 0 Å². The Kier molecular flexibility index (Phi) is 2.75. The quantitative estimate of drug-likeness (QED) is 0.804. The summed E-state index contributed by atoms with van der Waals surface area (Å²) in [5.41, 5.74) is 6.54. The SMILES string of the molecule is Cc1oc(N)nc1CCC1CCCC1. The van der Waals surface area contributed by atoms with Gasteiger partial charge in [-0.05, 0) is 25.7 Å². The Morgan fingerprint density at radius 2 is 2.14 bits per heavy atom. The summed E-state index contributed by atoms with van der Waals surface area (Å²) in [6.45, 7) is 1.94. The van der Waals surface area contributed by atoms with E-state index in [2.05, 4.69) is 4.98 Å². The van der Waals surface area contributed by atoms with Gasteiger partial charge in [-0.15, -0.1) is 0 Å². The number of hydrogen-bond acceptors (Lipinski definition) is 3. The molecule has 2 rings (SSSR count). The molecular weight excluding hydrogens is 176 g/mol. The second-order valence-corrected chi connectivity index (χ2v) is 4.24. The average Bonchev–Trinajstić information content (AvgIpc) is 2.72. The maximum absolute atomic E-state index is 5.49. The van der Waals surface area contributed by atoms with Crippen molar-refractivity contribution < 1.29 is 4.42 Å². The molecule has 14 heavy (non-hydrogen) atoms. The Hall–Kier alpha value is -0.990. The third-order valence-electron chi connectivity index (χ3n) is 3.17. The molecule has 0 bridgehead atoms. The van der Waals surface area contributed by atoms with E-state index in [-0.39, 0.29) is 0 Å². The molecule has 2 N–H and O–H groups in total. The molecule has 0 aromatic carbocycles. The Morgan fingerprint density at radius 1 is 1.43 bits per heavy atom. The summed E-state index contributed by atoms with van der Waals surface area (Å²) in [4.78, 5) is 4.18. The summed E-state index contributed by atoms with van der Waals surface area (Å²) in [5.74, 6) is 1.80. The van der Waals surface area contributed by atoms with Crippen LogP contribution in [0.15, 0.2) is 4.42 Å². The highest BCUT2D eigenvalue weighted by molar-refractivity contribution is 5.19. The van der Waals surface area contributed by atoms with Crippen LogP contribution in [0, 0.1) is 12.8 Å². The smallest absolute Gasteiger partial charge is 0.292 e. The van der Waals surface area contributed by atoms with E-state index in [9.17, 15) is 0 Å². The van der Waals surface area contributed by atoms with E-state index < -0.39 is 0 Å². The van der Waals surface area contributed by atoms with Gasteiger partial charge in [-0.1, -0.05) is 25.7 Å². The van der Waals surface area contributed by atoms with Gasteiger partial charge in [0.15, 0.2) is 0 Å². The number of hydrogen-bond donors (Lipinski definition) is 1. The van der Waals surface area contributed by atoms with E-state index >= 15 is 0 Å². The van der Waals surface area contributed by atoms with Gasteiger partial charge >= 0.3 is 0 Å². The lowest BCUT2D eigenvalue weighted by atomic mass is 10.0. The second-order valence-electron chi connectivity index (χ2n) is 4.24. The Balaban J connectivity index is 1.87. The zero-order chi connectivity index (χ0) is 9.97. The van der Waals surface area contributed by atoms with Crippen molar-refractivity contribution in [3.05, 3.63) is 11.5 Å². The highest BCUT2D eigenvalue weighted by Gasteiger charge is 2.16. The minimum atomic E-state index is 0.309. The minimum absolute atomic E-state index is 0.309. The molecule has 3 nitrogen and oxygen atoms in total. The fourth-order valence-corrected chi connectivity index (χ4v) is 2.32. The Bertz CT molecular complexity index is 300. The van der Waals surface area contributed by atoms with Crippen LogP contribution in [0.4, 0.5) is 6.01 Å². The van der Waals surface area contributed by atoms with Gasteiger partial charge in [0.05, 0.1) is 5.69 Å². The second kappa shape index (κ2) is 4.03. The van der Waals surface area contributed by atoms with Crippen LogP contribution in [0.25, 0.3) is 0 Å². The molecule has 0 radical (unpaired) electrons. The van der Waals surface area contributed by atoms with Crippen LogP contribution in [0.3, 0.4) is 0 Å². The van der Waals surface area contributed by atoms with Crippen LogP contribution in [0.5, 0.6) is 0 Å². The van der Waals surface area contributed by atoms with Crippen molar-refractivity contribution in [2.24, 2.45) is 5.92 Å². The fraction of sp³-hybridized carbons (Fsp3) is 0.727. The van der Waals surface area contributed by atoms with E-state index in [4.69, 9.17) is 10.2 Å². The first-order valence-electron chi connectivity index (χ1n) is 5.47. The van der Waals surface area contributed by atoms with Crippen molar-refractivity contribution in [1.82, 2.24) is 4.98 Å². The zero-order valence-corrected chi connectivity index (χ0v) is 8.75. The maximum atomic E-state index is 5.49. The van der Waals surface area contributed by atoms with Crippen molar-refractivity contribution in [3.63, 3.8) is 0 Å². The molecule has 78 valence electrons. The maximum Gasteiger partial charge on any atom is 0.292 e. The summed E-state index contributed by atoms with van der Waals surface area (Å²) < 4.78 is 5.20. The molecule has 1 fully saturated rings. The van der Waals surface area contributed by atoms with Gasteiger partial charge in [0.1, 0.15) is 5.76 Å². The van der Waals surface area contributed by atoms with E-state index in [1.807, 2.05) is 6.92 Å². The molecule has 0 amide bonds. The third kappa shape index (κ3) is 2.08. The molecule has 1 saturated carbocycles. The largest absolute Gasteiger partial charge is 0.429 e. The summed E-state index contributed by atoms with van der Waals surface area (Å²) in [7, 11) is 0. The predicted molar refractivity (Wildman–Crippen MR) is 55.9 cm³/mol. The van der Waals surface area contributed by atoms with Crippen LogP contribution in [-0.2, 0) is 6.42 Å². The molecule has 0 unspecified atom stereocenters. The molecule has 1 heterocycles. The molecule has 0 saturated heterocycles. The fourth-order valence-electron chi connectivity index (χ4n) is 2.32. The van der Waals surface area contributed by atoms with Crippen molar-refractivity contribution in [1.29, 1.82) is 0 Å². The lowest BCUT2D eigenvalue weighted by Crippen LogP contribution is -1.97. The molecule has 1 aliphatic carbocycles. The summed E-state index contributed by atoms with van der Waals surface area (Å²) in [5, 5.41) is 0. The van der Waals surface area contributed by atoms with Crippen molar-refractivity contribution in [2.45, 2.75) is 45.4 Å². The molecule has 1 aromatic rings. The first kappa shape index (κ1) is 9.56. The molecule has 1 aliphatic rings. The molecule has 1 aromatic heterocycles. The van der Waals surface area contributed by atoms with E-state index in [1.165, 1.54) is 32.1 Å². The highest BCUT2D eigenvalue weighted by atomic mass is 16.4. The standard InChI is InChI=1S/C11H18N2O/c1-8-10(13-11(12)14-8)7-6-9-4-2-3-5-9/h9H,2-7H2,1H3,(H2,12,13). The van der Waals surface area contributed by atoms with Gasteiger partial charge in [-0.3, -0.25) is 0 Å². The highest BCUT2D eigenvalue weighted by Crippen LogP contribution is 2.29. The van der Waals surface area contributed by atoms with Crippen molar-refractivity contribution >= 4 is 6.01 Å². The molecule has 0 aliphatic heterocycles. The van der Waals surface area contributed by atoms with Crippen LogP contribution in [0.1, 0.15) is 43.6 Å². The Morgan fingerprint density at radius 3 is 2.71 bits per heavy atom. The van der Waals surface area contributed by atoms with Crippen LogP contribution in [0.2, 0.25) is 0 Å². The number of nitrogen functional groups attached to an aromatic ring is 1. The molecule has 3 heteroatoms. The van der Waals surface area contributed by atoms with Gasteiger partial charge in [0, 0.05) is 0 Å². The van der Waals surface area contributed by atoms with Gasteiger partial charge in [-0.2, -0.15) is 4.98 Å². The minimum Gasteiger partial charge on any atom is -0.429 e. The lowest BCUT2D eigenvalue weighted by Gasteiger charge is -2.06. The lowest BCUT2D eigenvalue weighted by molar-refractivity contribution is 0.495.